The van der Waals surface area contributed by atoms with E-state index in [-0.39, 0.29) is 24.2 Å². The van der Waals surface area contributed by atoms with Crippen molar-refractivity contribution in [2.45, 2.75) is 52.7 Å². The minimum Gasteiger partial charge on any atom is -0.391 e. The minimum absolute atomic E-state index is 0.0177. The highest BCUT2D eigenvalue weighted by Crippen LogP contribution is 2.11. The molecule has 3 N–H and O–H groups in total. The van der Waals surface area contributed by atoms with E-state index >= 15 is 0 Å². The summed E-state index contributed by atoms with van der Waals surface area (Å²) in [6.45, 7) is 7.78. The fourth-order valence-corrected chi connectivity index (χ4v) is 1.29. The second kappa shape index (κ2) is 6.14. The maximum atomic E-state index is 11.3. The van der Waals surface area contributed by atoms with Gasteiger partial charge in [-0.15, -0.1) is 0 Å². The molecular formula is C11H23NO2. The Labute approximate surface area is 86.7 Å². The second-order valence-electron chi connectivity index (χ2n) is 4.69. The third kappa shape index (κ3) is 5.35. The lowest BCUT2D eigenvalue weighted by molar-refractivity contribution is -0.124. The normalized spacial score (nSPS) is 16.0. The Kier molecular flexibility index (Phi) is 5.96. The molecule has 3 heteroatoms. The van der Waals surface area contributed by atoms with Gasteiger partial charge in [-0.25, -0.2) is 0 Å². The number of rotatable bonds is 6. The zero-order chi connectivity index (χ0) is 11.3. The molecule has 0 aromatic heterocycles. The van der Waals surface area contributed by atoms with Gasteiger partial charge in [-0.3, -0.25) is 4.79 Å². The SMILES string of the molecule is CC(C)CC(N)[C@@H](O)CC(=O)C(C)C. The molecular weight excluding hydrogens is 178 g/mol. The Hall–Kier alpha value is -0.410. The van der Waals surface area contributed by atoms with Gasteiger partial charge in [0.1, 0.15) is 5.78 Å². The molecule has 0 rings (SSSR count). The Balaban J connectivity index is 3.94. The largest absolute Gasteiger partial charge is 0.391 e. The standard InChI is InChI=1S/C11H23NO2/c1-7(2)5-9(12)11(14)6-10(13)8(3)4/h7-9,11,14H,5-6,12H2,1-4H3/t9?,11-/m0/s1. The smallest absolute Gasteiger partial charge is 0.138 e. The summed E-state index contributed by atoms with van der Waals surface area (Å²) in [5, 5.41) is 9.64. The van der Waals surface area contributed by atoms with Gasteiger partial charge >= 0.3 is 0 Å². The summed E-state index contributed by atoms with van der Waals surface area (Å²) in [5.41, 5.74) is 5.76. The number of Topliss-reactive ketones (excluding diaryl/α,β-unsaturated/α-hetero) is 1. The average molecular weight is 201 g/mol. The van der Waals surface area contributed by atoms with E-state index < -0.39 is 6.10 Å². The molecule has 0 bridgehead atoms. The number of aliphatic hydroxyl groups excluding tert-OH is 1. The van der Waals surface area contributed by atoms with E-state index in [0.29, 0.717) is 5.92 Å². The molecule has 1 unspecified atom stereocenters. The monoisotopic (exact) mass is 201 g/mol. The second-order valence-corrected chi connectivity index (χ2v) is 4.69. The summed E-state index contributed by atoms with van der Waals surface area (Å²) >= 11 is 0. The summed E-state index contributed by atoms with van der Waals surface area (Å²) in [6.07, 6.45) is 0.255. The maximum Gasteiger partial charge on any atom is 0.138 e. The van der Waals surface area contributed by atoms with Crippen LogP contribution < -0.4 is 5.73 Å². The van der Waals surface area contributed by atoms with E-state index in [1.54, 1.807) is 0 Å². The van der Waals surface area contributed by atoms with Gasteiger partial charge in [0.2, 0.25) is 0 Å². The van der Waals surface area contributed by atoms with Crippen molar-refractivity contribution in [2.75, 3.05) is 0 Å². The molecule has 0 saturated heterocycles. The summed E-state index contributed by atoms with van der Waals surface area (Å²) in [6, 6.07) is -0.280. The molecule has 0 aromatic carbocycles. The number of carbonyl (C=O) groups excluding carboxylic acids is 1. The van der Waals surface area contributed by atoms with Gasteiger partial charge in [0.15, 0.2) is 0 Å². The number of aliphatic hydroxyl groups is 1. The van der Waals surface area contributed by atoms with E-state index in [1.807, 2.05) is 13.8 Å². The predicted molar refractivity (Wildman–Crippen MR) is 57.9 cm³/mol. The Morgan fingerprint density at radius 1 is 1.29 bits per heavy atom. The number of ketones is 1. The van der Waals surface area contributed by atoms with Crippen molar-refractivity contribution in [3.63, 3.8) is 0 Å². The number of hydrogen-bond donors (Lipinski definition) is 2. The van der Waals surface area contributed by atoms with E-state index in [0.717, 1.165) is 6.42 Å². The van der Waals surface area contributed by atoms with Crippen molar-refractivity contribution in [3.05, 3.63) is 0 Å². The molecule has 0 fully saturated rings. The van der Waals surface area contributed by atoms with Crippen LogP contribution in [0.4, 0.5) is 0 Å². The van der Waals surface area contributed by atoms with E-state index in [9.17, 15) is 9.90 Å². The molecule has 3 nitrogen and oxygen atoms in total. The van der Waals surface area contributed by atoms with Crippen molar-refractivity contribution in [1.29, 1.82) is 0 Å². The molecule has 0 spiro atoms. The van der Waals surface area contributed by atoms with Gasteiger partial charge in [-0.2, -0.15) is 0 Å². The van der Waals surface area contributed by atoms with Crippen LogP contribution in [-0.2, 0) is 4.79 Å². The Bertz CT molecular complexity index is 178. The molecule has 14 heavy (non-hydrogen) atoms. The minimum atomic E-state index is -0.688. The first-order valence-corrected chi connectivity index (χ1v) is 5.31. The van der Waals surface area contributed by atoms with Gasteiger partial charge in [-0.1, -0.05) is 27.7 Å². The molecule has 0 aliphatic carbocycles. The fourth-order valence-electron chi connectivity index (χ4n) is 1.29. The van der Waals surface area contributed by atoms with E-state index in [4.69, 9.17) is 5.73 Å². The van der Waals surface area contributed by atoms with Crippen LogP contribution in [0.1, 0.15) is 40.5 Å². The van der Waals surface area contributed by atoms with Gasteiger partial charge in [0, 0.05) is 18.4 Å². The number of hydrogen-bond acceptors (Lipinski definition) is 3. The molecule has 0 aliphatic heterocycles. The van der Waals surface area contributed by atoms with Crippen molar-refractivity contribution in [1.82, 2.24) is 0 Å². The molecule has 0 aliphatic rings. The Morgan fingerprint density at radius 3 is 2.14 bits per heavy atom. The maximum absolute atomic E-state index is 11.3. The summed E-state index contributed by atoms with van der Waals surface area (Å²) in [5.74, 6) is 0.515. The van der Waals surface area contributed by atoms with Gasteiger partial charge in [-0.05, 0) is 12.3 Å². The molecule has 84 valence electrons. The predicted octanol–water partition coefficient (Wildman–Crippen LogP) is 1.34. The number of nitrogens with two attached hydrogens (primary N) is 1. The third-order valence-electron chi connectivity index (χ3n) is 2.29. The van der Waals surface area contributed by atoms with Crippen LogP contribution in [0.15, 0.2) is 0 Å². The van der Waals surface area contributed by atoms with Crippen molar-refractivity contribution in [3.8, 4) is 0 Å². The first-order chi connectivity index (χ1) is 6.34. The lowest BCUT2D eigenvalue weighted by Gasteiger charge is -2.20. The molecule has 0 aromatic rings. The van der Waals surface area contributed by atoms with Crippen LogP contribution >= 0.6 is 0 Å². The quantitative estimate of drug-likeness (QED) is 0.681. The van der Waals surface area contributed by atoms with Crippen molar-refractivity contribution >= 4 is 5.78 Å². The lowest BCUT2D eigenvalue weighted by Crippen LogP contribution is -2.37. The number of carbonyl (C=O) groups is 1. The zero-order valence-corrected chi connectivity index (χ0v) is 9.66. The van der Waals surface area contributed by atoms with Crippen LogP contribution in [0.25, 0.3) is 0 Å². The van der Waals surface area contributed by atoms with Crippen molar-refractivity contribution < 1.29 is 9.90 Å². The first-order valence-electron chi connectivity index (χ1n) is 5.31. The summed E-state index contributed by atoms with van der Waals surface area (Å²) < 4.78 is 0. The fraction of sp³-hybridized carbons (Fsp3) is 0.909. The average Bonchev–Trinajstić information content (AvgIpc) is 2.02. The van der Waals surface area contributed by atoms with Gasteiger partial charge in [0.05, 0.1) is 6.10 Å². The summed E-state index contributed by atoms with van der Waals surface area (Å²) in [7, 11) is 0. The van der Waals surface area contributed by atoms with E-state index in [1.165, 1.54) is 0 Å². The highest BCUT2D eigenvalue weighted by Gasteiger charge is 2.20. The highest BCUT2D eigenvalue weighted by molar-refractivity contribution is 5.80. The summed E-state index contributed by atoms with van der Waals surface area (Å²) in [4.78, 5) is 11.3. The van der Waals surface area contributed by atoms with Crippen LogP contribution in [0.2, 0.25) is 0 Å². The molecule has 0 amide bonds. The van der Waals surface area contributed by atoms with Gasteiger partial charge < -0.3 is 10.8 Å². The lowest BCUT2D eigenvalue weighted by atomic mass is 9.94. The molecule has 0 heterocycles. The topological polar surface area (TPSA) is 63.3 Å². The van der Waals surface area contributed by atoms with Gasteiger partial charge in [0.25, 0.3) is 0 Å². The van der Waals surface area contributed by atoms with Crippen LogP contribution in [0.5, 0.6) is 0 Å². The van der Waals surface area contributed by atoms with E-state index in [2.05, 4.69) is 13.8 Å². The Morgan fingerprint density at radius 2 is 1.79 bits per heavy atom. The zero-order valence-electron chi connectivity index (χ0n) is 9.66. The van der Waals surface area contributed by atoms with Crippen LogP contribution in [0.3, 0.4) is 0 Å². The van der Waals surface area contributed by atoms with Crippen LogP contribution in [-0.4, -0.2) is 23.0 Å². The van der Waals surface area contributed by atoms with Crippen LogP contribution in [0, 0.1) is 11.8 Å². The van der Waals surface area contributed by atoms with Crippen molar-refractivity contribution in [2.24, 2.45) is 17.6 Å². The molecule has 0 radical (unpaired) electrons. The highest BCUT2D eigenvalue weighted by atomic mass is 16.3. The third-order valence-corrected chi connectivity index (χ3v) is 2.29. The molecule has 0 saturated carbocycles. The first kappa shape index (κ1) is 13.6. The molecule has 2 atom stereocenters.